The molecule has 1 aromatic heterocycles. The Morgan fingerprint density at radius 2 is 1.89 bits per heavy atom. The van der Waals surface area contributed by atoms with Gasteiger partial charge in [0.1, 0.15) is 11.9 Å². The van der Waals surface area contributed by atoms with Crippen LogP contribution in [0.4, 0.5) is 36.3 Å². The average molecular weight is 508 g/mol. The molecule has 0 radical (unpaired) electrons. The third kappa shape index (κ3) is 4.92. The Balaban J connectivity index is 1.33. The van der Waals surface area contributed by atoms with Crippen LogP contribution in [0.25, 0.3) is 0 Å². The van der Waals surface area contributed by atoms with E-state index in [1.807, 2.05) is 4.90 Å². The van der Waals surface area contributed by atoms with Gasteiger partial charge >= 0.3 is 12.1 Å². The van der Waals surface area contributed by atoms with Gasteiger partial charge in [0.25, 0.3) is 0 Å². The van der Waals surface area contributed by atoms with Gasteiger partial charge in [-0.05, 0) is 36.8 Å². The van der Waals surface area contributed by atoms with Crippen LogP contribution in [0, 0.1) is 5.41 Å². The Hall–Kier alpha value is -3.48. The number of alkyl halides is 3. The lowest BCUT2D eigenvalue weighted by Crippen LogP contribution is -2.41. The van der Waals surface area contributed by atoms with E-state index < -0.39 is 24.3 Å². The summed E-state index contributed by atoms with van der Waals surface area (Å²) < 4.78 is 47.5. The van der Waals surface area contributed by atoms with E-state index in [1.165, 1.54) is 18.2 Å². The molecule has 6 N–H and O–H groups in total. The predicted octanol–water partition coefficient (Wildman–Crippen LogP) is 2.61. The maximum absolute atomic E-state index is 14.0. The van der Waals surface area contributed by atoms with Crippen LogP contribution in [-0.4, -0.2) is 66.0 Å². The zero-order valence-corrected chi connectivity index (χ0v) is 19.4. The number of aromatic nitrogens is 2. The van der Waals surface area contributed by atoms with Crippen molar-refractivity contribution in [3.8, 4) is 5.88 Å². The van der Waals surface area contributed by atoms with Crippen LogP contribution in [0.2, 0.25) is 0 Å². The standard InChI is InChI=1S/C23H28F3N7O3/c24-23(25,26)19(13-1-2-14-15(9-13)29-6-5-28-14)36-18-10-17(31-21(27)32-18)33-7-3-22(4-8-33)11-16(20(34)35)30-12-22/h1-2,9-10,16,19,28-30H,3-8,11-12H2,(H,34,35)(H2,27,31,32)/t16?,19-/m1/s1. The van der Waals surface area contributed by atoms with E-state index in [4.69, 9.17) is 10.5 Å². The molecule has 0 bridgehead atoms. The van der Waals surface area contributed by atoms with Crippen molar-refractivity contribution in [3.05, 3.63) is 29.8 Å². The fraction of sp³-hybridized carbons (Fsp3) is 0.522. The molecule has 1 aromatic carbocycles. The van der Waals surface area contributed by atoms with Crippen molar-refractivity contribution >= 4 is 29.1 Å². The highest BCUT2D eigenvalue weighted by Gasteiger charge is 2.45. The van der Waals surface area contributed by atoms with Gasteiger partial charge in [-0.1, -0.05) is 6.07 Å². The Kier molecular flexibility index (Phi) is 6.18. The van der Waals surface area contributed by atoms with E-state index >= 15 is 0 Å². The number of nitrogens with two attached hydrogens (primary N) is 1. The number of piperidine rings is 1. The van der Waals surface area contributed by atoms with E-state index in [0.717, 1.165) is 18.5 Å². The largest absolute Gasteiger partial charge is 0.480 e. The highest BCUT2D eigenvalue weighted by Crippen LogP contribution is 2.42. The van der Waals surface area contributed by atoms with Gasteiger partial charge in [0.05, 0.1) is 11.4 Å². The molecule has 3 aliphatic heterocycles. The fourth-order valence-corrected chi connectivity index (χ4v) is 5.20. The Labute approximate surface area is 205 Å². The summed E-state index contributed by atoms with van der Waals surface area (Å²) in [7, 11) is 0. The lowest BCUT2D eigenvalue weighted by molar-refractivity contribution is -0.198. The third-order valence-electron chi connectivity index (χ3n) is 7.15. The van der Waals surface area contributed by atoms with E-state index in [9.17, 15) is 23.1 Å². The maximum atomic E-state index is 14.0. The molecule has 1 unspecified atom stereocenters. The molecule has 2 aromatic rings. The van der Waals surface area contributed by atoms with Crippen molar-refractivity contribution in [2.45, 2.75) is 37.6 Å². The first-order valence-corrected chi connectivity index (χ1v) is 11.8. The second-order valence-corrected chi connectivity index (χ2v) is 9.58. The van der Waals surface area contributed by atoms with Crippen molar-refractivity contribution in [2.24, 2.45) is 5.41 Å². The second-order valence-electron chi connectivity index (χ2n) is 9.58. The molecule has 194 valence electrons. The molecule has 2 saturated heterocycles. The number of carboxylic acid groups (broad SMARTS) is 1. The number of nitrogens with zero attached hydrogens (tertiary/aromatic N) is 3. The Morgan fingerprint density at radius 3 is 2.56 bits per heavy atom. The molecule has 1 spiro atoms. The minimum Gasteiger partial charge on any atom is -0.480 e. The molecule has 0 aliphatic carbocycles. The number of carboxylic acids is 1. The molecule has 0 saturated carbocycles. The number of anilines is 4. The van der Waals surface area contributed by atoms with Gasteiger partial charge in [-0.2, -0.15) is 23.1 Å². The summed E-state index contributed by atoms with van der Waals surface area (Å²) in [5, 5.41) is 18.6. The van der Waals surface area contributed by atoms with Crippen LogP contribution in [0.15, 0.2) is 24.3 Å². The lowest BCUT2D eigenvalue weighted by atomic mass is 9.76. The number of hydrogen-bond acceptors (Lipinski definition) is 9. The molecular weight excluding hydrogens is 479 g/mol. The predicted molar refractivity (Wildman–Crippen MR) is 127 cm³/mol. The zero-order chi connectivity index (χ0) is 25.5. The summed E-state index contributed by atoms with van der Waals surface area (Å²) >= 11 is 0. The number of benzene rings is 1. The number of hydrogen-bond donors (Lipinski definition) is 5. The van der Waals surface area contributed by atoms with Crippen LogP contribution in [0.3, 0.4) is 0 Å². The van der Waals surface area contributed by atoms with E-state index in [2.05, 4.69) is 25.9 Å². The smallest absolute Gasteiger partial charge is 0.429 e. The molecule has 3 aliphatic rings. The molecule has 2 fully saturated rings. The van der Waals surface area contributed by atoms with Crippen LogP contribution in [0.5, 0.6) is 5.88 Å². The van der Waals surface area contributed by atoms with Crippen molar-refractivity contribution in [1.82, 2.24) is 15.3 Å². The van der Waals surface area contributed by atoms with Crippen molar-refractivity contribution in [3.63, 3.8) is 0 Å². The quantitative estimate of drug-likeness (QED) is 0.411. The number of nitrogens with one attached hydrogen (secondary N) is 3. The molecular formula is C23H28F3N7O3. The van der Waals surface area contributed by atoms with Crippen LogP contribution in [-0.2, 0) is 4.79 Å². The number of aliphatic carboxylic acids is 1. The normalized spacial score (nSPS) is 21.9. The first-order chi connectivity index (χ1) is 17.1. The Morgan fingerprint density at radius 1 is 1.17 bits per heavy atom. The molecule has 4 heterocycles. The second kappa shape index (κ2) is 9.19. The number of nitrogen functional groups attached to an aromatic ring is 1. The molecule has 10 nitrogen and oxygen atoms in total. The van der Waals surface area contributed by atoms with Crippen molar-refractivity contribution in [2.75, 3.05) is 54.0 Å². The summed E-state index contributed by atoms with van der Waals surface area (Å²) in [5.41, 5.74) is 6.98. The van der Waals surface area contributed by atoms with Crippen LogP contribution in [0.1, 0.15) is 30.9 Å². The first-order valence-electron chi connectivity index (χ1n) is 11.8. The number of halogens is 3. The molecule has 2 atom stereocenters. The number of carbonyl (C=O) groups is 1. The van der Waals surface area contributed by atoms with Gasteiger partial charge in [0, 0.05) is 44.4 Å². The summed E-state index contributed by atoms with van der Waals surface area (Å²) in [5.74, 6) is -0.930. The fourth-order valence-electron chi connectivity index (χ4n) is 5.20. The number of ether oxygens (including phenoxy) is 1. The zero-order valence-electron chi connectivity index (χ0n) is 19.4. The average Bonchev–Trinajstić information content (AvgIpc) is 3.25. The van der Waals surface area contributed by atoms with Gasteiger partial charge in [0.15, 0.2) is 0 Å². The summed E-state index contributed by atoms with van der Waals surface area (Å²) in [6.45, 7) is 3.04. The van der Waals surface area contributed by atoms with Gasteiger partial charge < -0.3 is 36.4 Å². The summed E-state index contributed by atoms with van der Waals surface area (Å²) in [6.07, 6.45) is -4.93. The molecule has 0 amide bonds. The summed E-state index contributed by atoms with van der Waals surface area (Å²) in [4.78, 5) is 21.4. The summed E-state index contributed by atoms with van der Waals surface area (Å²) in [6, 6.07) is 5.22. The first kappa shape index (κ1) is 24.2. The Bertz CT molecular complexity index is 1140. The van der Waals surface area contributed by atoms with Crippen LogP contribution >= 0.6 is 0 Å². The molecule has 36 heavy (non-hydrogen) atoms. The highest BCUT2D eigenvalue weighted by atomic mass is 19.4. The van der Waals surface area contributed by atoms with E-state index in [-0.39, 0.29) is 22.8 Å². The minimum absolute atomic E-state index is 0.0576. The number of rotatable bonds is 5. The molecule has 13 heteroatoms. The van der Waals surface area contributed by atoms with Gasteiger partial charge in [-0.25, -0.2) is 0 Å². The monoisotopic (exact) mass is 507 g/mol. The van der Waals surface area contributed by atoms with Crippen molar-refractivity contribution < 1.29 is 27.8 Å². The SMILES string of the molecule is Nc1nc(O[C@H](c2ccc3c(c2)NCCN3)C(F)(F)F)cc(N2CCC3(CC2)CNC(C(=O)O)C3)n1. The van der Waals surface area contributed by atoms with Crippen molar-refractivity contribution in [1.29, 1.82) is 0 Å². The van der Waals surface area contributed by atoms with Gasteiger partial charge in [0.2, 0.25) is 17.9 Å². The minimum atomic E-state index is -4.69. The van der Waals surface area contributed by atoms with Gasteiger partial charge in [-0.3, -0.25) is 4.79 Å². The van der Waals surface area contributed by atoms with Gasteiger partial charge in [-0.15, -0.1) is 0 Å². The van der Waals surface area contributed by atoms with Crippen LogP contribution < -0.4 is 31.3 Å². The highest BCUT2D eigenvalue weighted by molar-refractivity contribution is 5.74. The topological polar surface area (TPSA) is 138 Å². The maximum Gasteiger partial charge on any atom is 0.429 e. The molecule has 5 rings (SSSR count). The number of fused-ring (bicyclic) bond motifs is 1. The van der Waals surface area contributed by atoms with E-state index in [1.54, 1.807) is 6.07 Å². The lowest BCUT2D eigenvalue weighted by Gasteiger charge is -2.39. The third-order valence-corrected chi connectivity index (χ3v) is 7.15. The van der Waals surface area contributed by atoms with E-state index in [0.29, 0.717) is 50.6 Å².